The smallest absolute Gasteiger partial charge is 0.402 e. The predicted octanol–water partition coefficient (Wildman–Crippen LogP) is 1.34. The molecule has 10 heteroatoms. The minimum Gasteiger partial charge on any atom is -0.810 e. The van der Waals surface area contributed by atoms with Crippen molar-refractivity contribution in [1.82, 2.24) is 0 Å². The van der Waals surface area contributed by atoms with Gasteiger partial charge in [0.25, 0.3) is 0 Å². The predicted molar refractivity (Wildman–Crippen MR) is 37.3 cm³/mol. The first kappa shape index (κ1) is 15.5. The minimum absolute atomic E-state index is 0.527. The van der Waals surface area contributed by atoms with Gasteiger partial charge in [-0.25, -0.2) is 0 Å². The second-order valence-electron chi connectivity index (χ2n) is 2.92. The quantitative estimate of drug-likeness (QED) is 0.441. The molecule has 0 aromatic rings. The van der Waals surface area contributed by atoms with Gasteiger partial charge in [0.15, 0.2) is 0 Å². The van der Waals surface area contributed by atoms with Crippen LogP contribution in [0.15, 0.2) is 12.7 Å². The number of halogens is 6. The van der Waals surface area contributed by atoms with Gasteiger partial charge in [-0.05, 0) is 7.60 Å². The number of allylic oxidation sites excluding steroid dienone is 1. The Morgan fingerprint density at radius 1 is 1.12 bits per heavy atom. The lowest BCUT2D eigenvalue weighted by molar-refractivity contribution is -0.334. The second-order valence-corrected chi connectivity index (χ2v) is 4.71. The van der Waals surface area contributed by atoms with E-state index in [2.05, 4.69) is 6.58 Å². The monoisotopic (exact) mass is 270 g/mol. The Kier molecular flexibility index (Phi) is 3.91. The molecule has 0 aliphatic heterocycles. The van der Waals surface area contributed by atoms with E-state index in [-0.39, 0.29) is 0 Å². The van der Waals surface area contributed by atoms with Crippen molar-refractivity contribution in [3.8, 4) is 0 Å². The maximum atomic E-state index is 12.3. The van der Waals surface area contributed by atoms with Crippen molar-refractivity contribution in [3.63, 3.8) is 0 Å². The maximum Gasteiger partial charge on any atom is 0.402 e. The summed E-state index contributed by atoms with van der Waals surface area (Å²) in [6, 6.07) is 0. The Hall–Kier alpha value is -0.530. The molecule has 0 aromatic heterocycles. The van der Waals surface area contributed by atoms with E-state index in [0.717, 1.165) is 0 Å². The lowest BCUT2D eigenvalue weighted by atomic mass is 10.0. The summed E-state index contributed by atoms with van der Waals surface area (Å²) in [6.07, 6.45) is -14.7. The largest absolute Gasteiger partial charge is 0.810 e. The van der Waals surface area contributed by atoms with Gasteiger partial charge in [0.2, 0.25) is 0 Å². The molecule has 1 unspecified atom stereocenters. The normalized spacial score (nSPS) is 18.0. The van der Waals surface area contributed by atoms with E-state index >= 15 is 0 Å². The Labute approximate surface area is 85.9 Å². The van der Waals surface area contributed by atoms with Crippen LogP contribution in [0.4, 0.5) is 26.3 Å². The van der Waals surface area contributed by atoms with Crippen molar-refractivity contribution in [2.45, 2.75) is 23.9 Å². The molecule has 0 aliphatic carbocycles. The van der Waals surface area contributed by atoms with Crippen LogP contribution >= 0.6 is 7.60 Å². The van der Waals surface area contributed by atoms with Crippen LogP contribution in [0.1, 0.15) is 6.42 Å². The molecule has 0 bridgehead atoms. The van der Waals surface area contributed by atoms with Crippen molar-refractivity contribution >= 4 is 7.60 Å². The number of hydrogen-bond acceptors (Lipinski definition) is 3. The molecule has 0 radical (unpaired) electrons. The zero-order chi connectivity index (χ0) is 13.4. The van der Waals surface area contributed by atoms with E-state index in [1.807, 2.05) is 0 Å². The van der Waals surface area contributed by atoms with Gasteiger partial charge in [-0.15, -0.1) is 6.58 Å². The first-order chi connectivity index (χ1) is 6.77. The molecule has 0 amide bonds. The van der Waals surface area contributed by atoms with Crippen LogP contribution in [-0.4, -0.2) is 17.5 Å². The Balaban J connectivity index is 5.70. The molecule has 0 rings (SSSR count). The van der Waals surface area contributed by atoms with Gasteiger partial charge in [0.1, 0.15) is 5.16 Å². The van der Waals surface area contributed by atoms with Gasteiger partial charge in [-0.1, -0.05) is 6.08 Å². The molecule has 1 atom stereocenters. The summed E-state index contributed by atoms with van der Waals surface area (Å²) in [5, 5.41) is -4.52. The lowest BCUT2D eigenvalue weighted by Gasteiger charge is -2.48. The third-order valence-electron chi connectivity index (χ3n) is 1.79. The third kappa shape index (κ3) is 2.99. The Morgan fingerprint density at radius 3 is 1.56 bits per heavy atom. The minimum atomic E-state index is -6.59. The SMILES string of the molecule is C=CC(CC(F)(F)F)(C(F)(F)F)P(=O)([O-])[O-]. The summed E-state index contributed by atoms with van der Waals surface area (Å²) in [5.41, 5.74) is 0. The van der Waals surface area contributed by atoms with Crippen molar-refractivity contribution < 1.29 is 40.7 Å². The highest BCUT2D eigenvalue weighted by atomic mass is 31.2. The van der Waals surface area contributed by atoms with Crippen LogP contribution in [0.2, 0.25) is 0 Å². The van der Waals surface area contributed by atoms with Crippen LogP contribution in [-0.2, 0) is 4.57 Å². The van der Waals surface area contributed by atoms with Crippen LogP contribution in [0, 0.1) is 0 Å². The second kappa shape index (κ2) is 4.05. The summed E-state index contributed by atoms with van der Waals surface area (Å²) >= 11 is 0. The van der Waals surface area contributed by atoms with Gasteiger partial charge in [-0.2, -0.15) is 26.3 Å². The molecular weight excluding hydrogens is 265 g/mol. The van der Waals surface area contributed by atoms with Crippen molar-refractivity contribution in [3.05, 3.63) is 12.7 Å². The average Bonchev–Trinajstić information content (AvgIpc) is 1.93. The molecule has 0 spiro atoms. The van der Waals surface area contributed by atoms with Gasteiger partial charge in [-0.3, -0.25) is 0 Å². The molecule has 0 aromatic carbocycles. The van der Waals surface area contributed by atoms with Crippen molar-refractivity contribution in [2.24, 2.45) is 0 Å². The molecule has 0 saturated heterocycles. The molecule has 0 saturated carbocycles. The number of alkyl halides is 6. The number of rotatable bonds is 3. The van der Waals surface area contributed by atoms with Crippen LogP contribution in [0.3, 0.4) is 0 Å². The van der Waals surface area contributed by atoms with E-state index in [4.69, 9.17) is 0 Å². The summed E-state index contributed by atoms with van der Waals surface area (Å²) in [5.74, 6) is 0. The Bertz CT molecular complexity index is 315. The number of hydrogen-bond donors (Lipinski definition) is 0. The molecule has 0 heterocycles. The van der Waals surface area contributed by atoms with E-state index in [9.17, 15) is 40.7 Å². The third-order valence-corrected chi connectivity index (χ3v) is 3.36. The fraction of sp³-hybridized carbons (Fsp3) is 0.667. The fourth-order valence-electron chi connectivity index (χ4n) is 0.958. The zero-order valence-corrected chi connectivity index (χ0v) is 8.33. The Morgan fingerprint density at radius 2 is 1.50 bits per heavy atom. The highest BCUT2D eigenvalue weighted by Gasteiger charge is 2.59. The summed E-state index contributed by atoms with van der Waals surface area (Å²) in [6.45, 7) is 2.36. The van der Waals surface area contributed by atoms with Crippen LogP contribution < -0.4 is 9.79 Å². The van der Waals surface area contributed by atoms with E-state index in [1.165, 1.54) is 0 Å². The summed E-state index contributed by atoms with van der Waals surface area (Å²) in [4.78, 5) is 20.8. The van der Waals surface area contributed by atoms with Crippen molar-refractivity contribution in [2.75, 3.05) is 0 Å². The molecule has 0 aliphatic rings. The molecule has 3 nitrogen and oxygen atoms in total. The highest BCUT2D eigenvalue weighted by molar-refractivity contribution is 7.51. The highest BCUT2D eigenvalue weighted by Crippen LogP contribution is 2.58. The van der Waals surface area contributed by atoms with Gasteiger partial charge >= 0.3 is 12.4 Å². The van der Waals surface area contributed by atoms with Gasteiger partial charge in [0, 0.05) is 0 Å². The molecular formula is C6H5F6O3P-2. The summed E-state index contributed by atoms with van der Waals surface area (Å²) in [7, 11) is -6.59. The average molecular weight is 270 g/mol. The molecule has 96 valence electrons. The van der Waals surface area contributed by atoms with Gasteiger partial charge < -0.3 is 14.4 Å². The lowest BCUT2D eigenvalue weighted by Crippen LogP contribution is -2.51. The molecule has 0 N–H and O–H groups in total. The summed E-state index contributed by atoms with van der Waals surface area (Å²) < 4.78 is 82.7. The van der Waals surface area contributed by atoms with E-state index in [1.54, 1.807) is 0 Å². The first-order valence-electron chi connectivity index (χ1n) is 3.56. The zero-order valence-electron chi connectivity index (χ0n) is 7.43. The first-order valence-corrected chi connectivity index (χ1v) is 5.10. The van der Waals surface area contributed by atoms with Crippen LogP contribution in [0.5, 0.6) is 0 Å². The fourth-order valence-corrected chi connectivity index (χ4v) is 1.86. The molecule has 16 heavy (non-hydrogen) atoms. The van der Waals surface area contributed by atoms with Gasteiger partial charge in [0.05, 0.1) is 6.42 Å². The van der Waals surface area contributed by atoms with Crippen molar-refractivity contribution in [1.29, 1.82) is 0 Å². The maximum absolute atomic E-state index is 12.3. The van der Waals surface area contributed by atoms with E-state index < -0.39 is 37.6 Å². The topological polar surface area (TPSA) is 63.2 Å². The van der Waals surface area contributed by atoms with E-state index in [0.29, 0.717) is 0 Å². The van der Waals surface area contributed by atoms with Crippen LogP contribution in [0.25, 0.3) is 0 Å². The molecule has 0 fully saturated rings. The standard InChI is InChI=1S/C6H7F6O3P/c1-2-4(6(10,11)12,16(13,14)15)3-5(7,8)9/h2H,1,3H2,(H2,13,14,15)/p-2.